The number of carbonyl (C=O) groups excluding carboxylic acids is 1. The minimum Gasteiger partial charge on any atom is -0.384 e. The molecule has 0 rings (SSSR count). The molecule has 0 bridgehead atoms. The Morgan fingerprint density at radius 3 is 2.44 bits per heavy atom. The van der Waals surface area contributed by atoms with Crippen LogP contribution < -0.4 is 0 Å². The lowest BCUT2D eigenvalue weighted by atomic mass is 10.4. The summed E-state index contributed by atoms with van der Waals surface area (Å²) in [4.78, 5) is 11.9. The van der Waals surface area contributed by atoms with Crippen molar-refractivity contribution in [1.82, 2.24) is 4.90 Å². The second-order valence-corrected chi connectivity index (χ2v) is 1.81. The molecule has 0 aliphatic rings. The van der Waals surface area contributed by atoms with Gasteiger partial charge >= 0.3 is 0 Å². The molecule has 3 heteroatoms. The van der Waals surface area contributed by atoms with Crippen molar-refractivity contribution >= 4 is 5.91 Å². The SMILES string of the molecule is C=CN(C)C(=O)C(C)O. The van der Waals surface area contributed by atoms with Crippen molar-refractivity contribution in [3.8, 4) is 0 Å². The molecule has 1 N–H and O–H groups in total. The van der Waals surface area contributed by atoms with Crippen LogP contribution in [-0.2, 0) is 4.79 Å². The molecule has 3 nitrogen and oxygen atoms in total. The van der Waals surface area contributed by atoms with Gasteiger partial charge in [-0.25, -0.2) is 0 Å². The van der Waals surface area contributed by atoms with E-state index in [2.05, 4.69) is 6.58 Å². The second kappa shape index (κ2) is 3.25. The van der Waals surface area contributed by atoms with Gasteiger partial charge in [0.05, 0.1) is 0 Å². The third kappa shape index (κ3) is 2.28. The van der Waals surface area contributed by atoms with Gasteiger partial charge in [0, 0.05) is 7.05 Å². The fraction of sp³-hybridized carbons (Fsp3) is 0.500. The van der Waals surface area contributed by atoms with E-state index in [-0.39, 0.29) is 5.91 Å². The fourth-order valence-electron chi connectivity index (χ4n) is 0.385. The molecular weight excluding hydrogens is 118 g/mol. The Morgan fingerprint density at radius 1 is 1.89 bits per heavy atom. The first-order chi connectivity index (χ1) is 4.09. The average molecular weight is 129 g/mol. The maximum Gasteiger partial charge on any atom is 0.254 e. The summed E-state index contributed by atoms with van der Waals surface area (Å²) < 4.78 is 0. The van der Waals surface area contributed by atoms with E-state index in [0.29, 0.717) is 0 Å². The molecule has 9 heavy (non-hydrogen) atoms. The van der Waals surface area contributed by atoms with E-state index in [1.54, 1.807) is 7.05 Å². The summed E-state index contributed by atoms with van der Waals surface area (Å²) >= 11 is 0. The molecule has 0 aromatic carbocycles. The highest BCUT2D eigenvalue weighted by atomic mass is 16.3. The molecule has 0 fully saturated rings. The highest BCUT2D eigenvalue weighted by Crippen LogP contribution is 1.89. The largest absolute Gasteiger partial charge is 0.384 e. The van der Waals surface area contributed by atoms with Gasteiger partial charge in [0.1, 0.15) is 6.10 Å². The van der Waals surface area contributed by atoms with E-state index in [1.165, 1.54) is 18.0 Å². The summed E-state index contributed by atoms with van der Waals surface area (Å²) in [6.45, 7) is 4.78. The van der Waals surface area contributed by atoms with E-state index in [0.717, 1.165) is 0 Å². The van der Waals surface area contributed by atoms with Crippen molar-refractivity contribution < 1.29 is 9.90 Å². The van der Waals surface area contributed by atoms with Crippen LogP contribution in [0.4, 0.5) is 0 Å². The third-order valence-corrected chi connectivity index (χ3v) is 0.979. The Labute approximate surface area is 54.6 Å². The molecule has 0 aliphatic heterocycles. The number of hydrogen-bond donors (Lipinski definition) is 1. The Morgan fingerprint density at radius 2 is 2.33 bits per heavy atom. The number of amides is 1. The van der Waals surface area contributed by atoms with E-state index >= 15 is 0 Å². The fourth-order valence-corrected chi connectivity index (χ4v) is 0.385. The molecule has 1 amide bonds. The van der Waals surface area contributed by atoms with E-state index < -0.39 is 6.10 Å². The highest BCUT2D eigenvalue weighted by Gasteiger charge is 2.10. The molecule has 0 heterocycles. The summed E-state index contributed by atoms with van der Waals surface area (Å²) in [7, 11) is 1.54. The van der Waals surface area contributed by atoms with Crippen LogP contribution in [0.15, 0.2) is 12.8 Å². The standard InChI is InChI=1S/C6H11NO2/c1-4-7(3)6(9)5(2)8/h4-5,8H,1H2,2-3H3. The average Bonchev–Trinajstić information content (AvgIpc) is 1.84. The number of nitrogens with zero attached hydrogens (tertiary/aromatic N) is 1. The Hall–Kier alpha value is -0.830. The maximum atomic E-state index is 10.7. The van der Waals surface area contributed by atoms with Crippen molar-refractivity contribution in [2.45, 2.75) is 13.0 Å². The molecule has 0 radical (unpaired) electrons. The number of aliphatic hydroxyl groups excluding tert-OH is 1. The molecule has 0 spiro atoms. The highest BCUT2D eigenvalue weighted by molar-refractivity contribution is 5.80. The minimum absolute atomic E-state index is 0.343. The molecule has 0 aliphatic carbocycles. The lowest BCUT2D eigenvalue weighted by Gasteiger charge is -2.12. The van der Waals surface area contributed by atoms with Crippen LogP contribution in [0, 0.1) is 0 Å². The number of likely N-dealkylation sites (N-methyl/N-ethyl adjacent to an activating group) is 1. The Kier molecular flexibility index (Phi) is 2.95. The van der Waals surface area contributed by atoms with Crippen LogP contribution in [0.2, 0.25) is 0 Å². The zero-order chi connectivity index (χ0) is 7.44. The quantitative estimate of drug-likeness (QED) is 0.568. The first kappa shape index (κ1) is 8.17. The summed E-state index contributed by atoms with van der Waals surface area (Å²) in [5, 5.41) is 8.68. The van der Waals surface area contributed by atoms with E-state index in [9.17, 15) is 4.79 Å². The first-order valence-electron chi connectivity index (χ1n) is 2.67. The predicted octanol–water partition coefficient (Wildman–Crippen LogP) is -0.0309. The molecule has 0 aromatic heterocycles. The summed E-state index contributed by atoms with van der Waals surface area (Å²) in [5.74, 6) is -0.343. The van der Waals surface area contributed by atoms with Crippen molar-refractivity contribution in [1.29, 1.82) is 0 Å². The number of hydrogen-bond acceptors (Lipinski definition) is 2. The van der Waals surface area contributed by atoms with Crippen LogP contribution in [0.5, 0.6) is 0 Å². The van der Waals surface area contributed by atoms with Crippen LogP contribution >= 0.6 is 0 Å². The topological polar surface area (TPSA) is 40.5 Å². The van der Waals surface area contributed by atoms with Crippen molar-refractivity contribution in [2.75, 3.05) is 7.05 Å². The van der Waals surface area contributed by atoms with Crippen LogP contribution in [0.25, 0.3) is 0 Å². The van der Waals surface area contributed by atoms with Crippen molar-refractivity contribution in [3.63, 3.8) is 0 Å². The number of carbonyl (C=O) groups is 1. The lowest BCUT2D eigenvalue weighted by Crippen LogP contribution is -2.30. The number of aliphatic hydroxyl groups is 1. The zero-order valence-corrected chi connectivity index (χ0v) is 5.66. The monoisotopic (exact) mass is 129 g/mol. The molecule has 0 aromatic rings. The molecule has 52 valence electrons. The Bertz CT molecular complexity index is 120. The molecule has 1 unspecified atom stereocenters. The van der Waals surface area contributed by atoms with E-state index in [4.69, 9.17) is 5.11 Å². The molecule has 0 saturated carbocycles. The number of rotatable bonds is 2. The minimum atomic E-state index is -0.937. The zero-order valence-electron chi connectivity index (χ0n) is 5.66. The van der Waals surface area contributed by atoms with E-state index in [1.807, 2.05) is 0 Å². The first-order valence-corrected chi connectivity index (χ1v) is 2.67. The predicted molar refractivity (Wildman–Crippen MR) is 34.6 cm³/mol. The second-order valence-electron chi connectivity index (χ2n) is 1.81. The van der Waals surface area contributed by atoms with Crippen LogP contribution in [0.1, 0.15) is 6.92 Å². The maximum absolute atomic E-state index is 10.7. The van der Waals surface area contributed by atoms with Gasteiger partial charge < -0.3 is 10.0 Å². The van der Waals surface area contributed by atoms with Crippen LogP contribution in [0.3, 0.4) is 0 Å². The van der Waals surface area contributed by atoms with Crippen LogP contribution in [-0.4, -0.2) is 29.1 Å². The van der Waals surface area contributed by atoms with Gasteiger partial charge in [0.25, 0.3) is 5.91 Å². The van der Waals surface area contributed by atoms with Gasteiger partial charge in [0.2, 0.25) is 0 Å². The smallest absolute Gasteiger partial charge is 0.254 e. The molecular formula is C6H11NO2. The lowest BCUT2D eigenvalue weighted by molar-refractivity contribution is -0.135. The van der Waals surface area contributed by atoms with Gasteiger partial charge in [-0.3, -0.25) is 4.79 Å². The van der Waals surface area contributed by atoms with Gasteiger partial charge in [0.15, 0.2) is 0 Å². The van der Waals surface area contributed by atoms with Crippen molar-refractivity contribution in [3.05, 3.63) is 12.8 Å². The van der Waals surface area contributed by atoms with Crippen molar-refractivity contribution in [2.24, 2.45) is 0 Å². The Balaban J connectivity index is 3.87. The van der Waals surface area contributed by atoms with Gasteiger partial charge in [-0.1, -0.05) is 6.58 Å². The van der Waals surface area contributed by atoms with Gasteiger partial charge in [-0.2, -0.15) is 0 Å². The summed E-state index contributed by atoms with van der Waals surface area (Å²) in [5.41, 5.74) is 0. The van der Waals surface area contributed by atoms with Gasteiger partial charge in [-0.05, 0) is 13.1 Å². The normalized spacial score (nSPS) is 12.3. The molecule has 0 saturated heterocycles. The molecule has 1 atom stereocenters. The van der Waals surface area contributed by atoms with Gasteiger partial charge in [-0.15, -0.1) is 0 Å². The summed E-state index contributed by atoms with van der Waals surface area (Å²) in [6, 6.07) is 0. The summed E-state index contributed by atoms with van der Waals surface area (Å²) in [6.07, 6.45) is 0.419. The third-order valence-electron chi connectivity index (χ3n) is 0.979.